The van der Waals surface area contributed by atoms with Gasteiger partial charge in [0.05, 0.1) is 18.0 Å². The van der Waals surface area contributed by atoms with Crippen LogP contribution in [0.2, 0.25) is 5.02 Å². The molecular formula is C21H23ClN2O3S. The number of benzene rings is 2. The Morgan fingerprint density at radius 3 is 2.89 bits per heavy atom. The molecule has 5 nitrogen and oxygen atoms in total. The van der Waals surface area contributed by atoms with Crippen molar-refractivity contribution in [2.24, 2.45) is 0 Å². The molecule has 0 spiro atoms. The number of ether oxygens (including phenoxy) is 1. The summed E-state index contributed by atoms with van der Waals surface area (Å²) in [5, 5.41) is 3.52. The molecule has 0 fully saturated rings. The van der Waals surface area contributed by atoms with Crippen molar-refractivity contribution in [1.82, 2.24) is 5.32 Å². The van der Waals surface area contributed by atoms with Crippen molar-refractivity contribution in [3.8, 4) is 0 Å². The fraction of sp³-hybridized carbons (Fsp3) is 0.333. The van der Waals surface area contributed by atoms with E-state index in [1.165, 1.54) is 11.8 Å². The summed E-state index contributed by atoms with van der Waals surface area (Å²) in [5.41, 5.74) is 2.17. The number of carbonyl (C=O) groups is 2. The van der Waals surface area contributed by atoms with E-state index in [0.717, 1.165) is 22.6 Å². The Balaban J connectivity index is 1.76. The number of carbonyl (C=O) groups excluding carboxylic acids is 2. The minimum atomic E-state index is -0.153. The fourth-order valence-electron chi connectivity index (χ4n) is 2.94. The van der Waals surface area contributed by atoms with Gasteiger partial charge in [0.1, 0.15) is 0 Å². The van der Waals surface area contributed by atoms with Crippen molar-refractivity contribution in [2.75, 3.05) is 30.4 Å². The number of hydrogen-bond donors (Lipinski definition) is 1. The van der Waals surface area contributed by atoms with Gasteiger partial charge in [-0.1, -0.05) is 29.8 Å². The van der Waals surface area contributed by atoms with Crippen molar-refractivity contribution in [2.45, 2.75) is 24.8 Å². The van der Waals surface area contributed by atoms with Crippen LogP contribution >= 0.6 is 23.4 Å². The summed E-state index contributed by atoms with van der Waals surface area (Å²) in [7, 11) is 0. The number of rotatable bonds is 8. The summed E-state index contributed by atoms with van der Waals surface area (Å²) >= 11 is 7.77. The summed E-state index contributed by atoms with van der Waals surface area (Å²) in [4.78, 5) is 27.7. The highest BCUT2D eigenvalue weighted by Crippen LogP contribution is 2.37. The smallest absolute Gasteiger partial charge is 0.251 e. The molecule has 0 atom stereocenters. The Labute approximate surface area is 174 Å². The fourth-order valence-corrected chi connectivity index (χ4v) is 4.05. The van der Waals surface area contributed by atoms with Crippen LogP contribution in [0.15, 0.2) is 47.4 Å². The predicted octanol–water partition coefficient (Wildman–Crippen LogP) is 4.14. The second-order valence-electron chi connectivity index (χ2n) is 6.35. The number of anilines is 1. The van der Waals surface area contributed by atoms with Crippen LogP contribution in [0.25, 0.3) is 0 Å². The molecule has 7 heteroatoms. The van der Waals surface area contributed by atoms with Crippen molar-refractivity contribution in [3.05, 3.63) is 58.6 Å². The zero-order valence-electron chi connectivity index (χ0n) is 15.7. The van der Waals surface area contributed by atoms with Gasteiger partial charge in [-0.25, -0.2) is 0 Å². The molecule has 28 heavy (non-hydrogen) atoms. The third kappa shape index (κ3) is 5.07. The highest BCUT2D eigenvalue weighted by Gasteiger charge is 2.26. The lowest BCUT2D eigenvalue weighted by molar-refractivity contribution is -0.116. The minimum Gasteiger partial charge on any atom is -0.382 e. The first-order valence-corrected chi connectivity index (χ1v) is 10.6. The van der Waals surface area contributed by atoms with E-state index in [-0.39, 0.29) is 11.8 Å². The molecule has 1 aliphatic heterocycles. The zero-order valence-corrected chi connectivity index (χ0v) is 17.3. The highest BCUT2D eigenvalue weighted by atomic mass is 35.5. The van der Waals surface area contributed by atoms with Gasteiger partial charge in [0, 0.05) is 35.2 Å². The summed E-state index contributed by atoms with van der Waals surface area (Å²) in [6, 6.07) is 13.0. The normalized spacial score (nSPS) is 13.4. The Morgan fingerprint density at radius 2 is 2.11 bits per heavy atom. The van der Waals surface area contributed by atoms with Gasteiger partial charge >= 0.3 is 0 Å². The average molecular weight is 419 g/mol. The van der Waals surface area contributed by atoms with E-state index in [0.29, 0.717) is 42.6 Å². The van der Waals surface area contributed by atoms with E-state index in [1.807, 2.05) is 37.3 Å². The Kier molecular flexibility index (Phi) is 7.36. The second kappa shape index (κ2) is 9.96. The van der Waals surface area contributed by atoms with Crippen LogP contribution in [0.3, 0.4) is 0 Å². The SMILES string of the molecule is CCOCCCNC(=O)c1ccc2c(c1)N(Cc1ccccc1Cl)C(=O)CS2. The molecule has 3 rings (SSSR count). The molecule has 1 heterocycles. The van der Waals surface area contributed by atoms with Crippen LogP contribution in [0.5, 0.6) is 0 Å². The third-order valence-electron chi connectivity index (χ3n) is 4.41. The second-order valence-corrected chi connectivity index (χ2v) is 7.77. The molecule has 0 unspecified atom stereocenters. The Morgan fingerprint density at radius 1 is 1.29 bits per heavy atom. The number of nitrogens with zero attached hydrogens (tertiary/aromatic N) is 1. The van der Waals surface area contributed by atoms with Gasteiger partial charge in [0.25, 0.3) is 5.91 Å². The van der Waals surface area contributed by atoms with E-state index >= 15 is 0 Å². The quantitative estimate of drug-likeness (QED) is 0.654. The first kappa shape index (κ1) is 20.7. The monoisotopic (exact) mass is 418 g/mol. The molecular weight excluding hydrogens is 396 g/mol. The van der Waals surface area contributed by atoms with E-state index in [4.69, 9.17) is 16.3 Å². The van der Waals surface area contributed by atoms with Crippen LogP contribution < -0.4 is 10.2 Å². The molecule has 2 aromatic rings. The lowest BCUT2D eigenvalue weighted by atomic mass is 10.1. The first-order valence-electron chi connectivity index (χ1n) is 9.26. The maximum Gasteiger partial charge on any atom is 0.251 e. The molecule has 0 aromatic heterocycles. The molecule has 0 saturated heterocycles. The van der Waals surface area contributed by atoms with Crippen LogP contribution in [0.4, 0.5) is 5.69 Å². The van der Waals surface area contributed by atoms with Gasteiger partial charge in [-0.2, -0.15) is 0 Å². The minimum absolute atomic E-state index is 0.00620. The summed E-state index contributed by atoms with van der Waals surface area (Å²) in [6.07, 6.45) is 0.761. The van der Waals surface area contributed by atoms with Gasteiger partial charge in [-0.3, -0.25) is 9.59 Å². The largest absolute Gasteiger partial charge is 0.382 e. The average Bonchev–Trinajstić information content (AvgIpc) is 2.71. The number of fused-ring (bicyclic) bond motifs is 1. The Bertz CT molecular complexity index is 859. The van der Waals surface area contributed by atoms with Crippen molar-refractivity contribution >= 4 is 40.9 Å². The lowest BCUT2D eigenvalue weighted by Crippen LogP contribution is -2.35. The van der Waals surface area contributed by atoms with Gasteiger partial charge in [-0.15, -0.1) is 11.8 Å². The molecule has 2 amide bonds. The molecule has 148 valence electrons. The first-order chi connectivity index (χ1) is 13.6. The van der Waals surface area contributed by atoms with Crippen molar-refractivity contribution in [3.63, 3.8) is 0 Å². The lowest BCUT2D eigenvalue weighted by Gasteiger charge is -2.29. The number of amides is 2. The highest BCUT2D eigenvalue weighted by molar-refractivity contribution is 8.00. The van der Waals surface area contributed by atoms with Crippen LogP contribution in [-0.4, -0.2) is 37.3 Å². The van der Waals surface area contributed by atoms with Gasteiger partial charge in [0.2, 0.25) is 5.91 Å². The Hall–Kier alpha value is -2.02. The maximum atomic E-state index is 12.6. The molecule has 0 aliphatic carbocycles. The molecule has 0 bridgehead atoms. The van der Waals surface area contributed by atoms with E-state index < -0.39 is 0 Å². The molecule has 1 N–H and O–H groups in total. The van der Waals surface area contributed by atoms with Crippen LogP contribution in [0.1, 0.15) is 29.3 Å². The summed E-state index contributed by atoms with van der Waals surface area (Å²) in [6.45, 7) is 4.17. The predicted molar refractivity (Wildman–Crippen MR) is 113 cm³/mol. The van der Waals surface area contributed by atoms with Crippen molar-refractivity contribution < 1.29 is 14.3 Å². The standard InChI is InChI=1S/C21H23ClN2O3S/c1-2-27-11-5-10-23-21(26)15-8-9-19-18(12-15)24(20(25)14-28-19)13-16-6-3-4-7-17(16)22/h3-4,6-9,12H,2,5,10-11,13-14H2,1H3,(H,23,26). The van der Waals surface area contributed by atoms with Crippen LogP contribution in [-0.2, 0) is 16.1 Å². The van der Waals surface area contributed by atoms with E-state index in [2.05, 4.69) is 5.32 Å². The topological polar surface area (TPSA) is 58.6 Å². The molecule has 2 aromatic carbocycles. The number of nitrogens with one attached hydrogen (secondary N) is 1. The number of hydrogen-bond acceptors (Lipinski definition) is 4. The van der Waals surface area contributed by atoms with Crippen molar-refractivity contribution in [1.29, 1.82) is 0 Å². The third-order valence-corrected chi connectivity index (χ3v) is 5.82. The summed E-state index contributed by atoms with van der Waals surface area (Å²) in [5.74, 6) is 0.229. The molecule has 0 saturated carbocycles. The van der Waals surface area contributed by atoms with E-state index in [1.54, 1.807) is 17.0 Å². The van der Waals surface area contributed by atoms with Gasteiger partial charge in [-0.05, 0) is 43.2 Å². The molecule has 1 aliphatic rings. The van der Waals surface area contributed by atoms with Crippen LogP contribution in [0, 0.1) is 0 Å². The number of thioether (sulfide) groups is 1. The number of halogens is 1. The molecule has 0 radical (unpaired) electrons. The van der Waals surface area contributed by atoms with E-state index in [9.17, 15) is 9.59 Å². The van der Waals surface area contributed by atoms with Gasteiger partial charge < -0.3 is 15.0 Å². The van der Waals surface area contributed by atoms with Gasteiger partial charge in [0.15, 0.2) is 0 Å². The zero-order chi connectivity index (χ0) is 19.9. The maximum absolute atomic E-state index is 12.6. The summed E-state index contributed by atoms with van der Waals surface area (Å²) < 4.78 is 5.28.